The number of aryl methyl sites for hydroxylation is 1. The summed E-state index contributed by atoms with van der Waals surface area (Å²) in [6.45, 7) is 1.75. The molecular weight excluding hydrogens is 385 g/mol. The van der Waals surface area contributed by atoms with Crippen molar-refractivity contribution in [2.75, 3.05) is 0 Å². The average molecular weight is 411 g/mol. The summed E-state index contributed by atoms with van der Waals surface area (Å²) in [7, 11) is 0. The molecule has 158 valence electrons. The Morgan fingerprint density at radius 3 is 2.50 bits per heavy atom. The lowest BCUT2D eigenvalue weighted by Crippen LogP contribution is -2.27. The molecule has 3 rings (SSSR count). The van der Waals surface area contributed by atoms with E-state index in [0.29, 0.717) is 35.0 Å². The maximum atomic E-state index is 13.2. The van der Waals surface area contributed by atoms with Crippen LogP contribution in [0.4, 0.5) is 4.39 Å². The maximum absolute atomic E-state index is 13.2. The van der Waals surface area contributed by atoms with Crippen molar-refractivity contribution in [3.63, 3.8) is 0 Å². The fraction of sp³-hybridized carbons (Fsp3) is 0.333. The van der Waals surface area contributed by atoms with E-state index in [-0.39, 0.29) is 17.4 Å². The molecule has 0 spiro atoms. The van der Waals surface area contributed by atoms with Gasteiger partial charge in [-0.3, -0.25) is 4.79 Å². The number of rotatable bonds is 8. The van der Waals surface area contributed by atoms with Gasteiger partial charge in [0.15, 0.2) is 0 Å². The van der Waals surface area contributed by atoms with Gasteiger partial charge in [0.25, 0.3) is 0 Å². The molecule has 0 aromatic heterocycles. The lowest BCUT2D eigenvalue weighted by Gasteiger charge is -2.10. The number of nitrogens with one attached hydrogen (secondary N) is 1. The number of hydrogen-bond acceptors (Lipinski definition) is 3. The van der Waals surface area contributed by atoms with Crippen LogP contribution < -0.4 is 10.1 Å². The summed E-state index contributed by atoms with van der Waals surface area (Å²) in [5, 5.41) is 11.9. The Bertz CT molecular complexity index is 931. The minimum Gasteiger partial charge on any atom is -0.477 e. The molecule has 1 aliphatic carbocycles. The van der Waals surface area contributed by atoms with E-state index in [9.17, 15) is 19.1 Å². The Hall–Kier alpha value is -3.15. The van der Waals surface area contributed by atoms with Crippen LogP contribution in [0.5, 0.6) is 11.5 Å². The van der Waals surface area contributed by atoms with E-state index in [0.717, 1.165) is 19.3 Å². The normalized spacial score (nSPS) is 14.5. The highest BCUT2D eigenvalue weighted by Crippen LogP contribution is 2.28. The topological polar surface area (TPSA) is 75.6 Å². The van der Waals surface area contributed by atoms with Gasteiger partial charge in [0.2, 0.25) is 5.91 Å². The van der Waals surface area contributed by atoms with E-state index >= 15 is 0 Å². The molecule has 0 radical (unpaired) electrons. The molecule has 0 atom stereocenters. The quantitative estimate of drug-likeness (QED) is 0.567. The van der Waals surface area contributed by atoms with Gasteiger partial charge in [-0.25, -0.2) is 9.18 Å². The van der Waals surface area contributed by atoms with E-state index in [2.05, 4.69) is 5.32 Å². The summed E-state index contributed by atoms with van der Waals surface area (Å²) < 4.78 is 18.9. The van der Waals surface area contributed by atoms with Crippen molar-refractivity contribution >= 4 is 18.0 Å². The molecule has 1 saturated carbocycles. The van der Waals surface area contributed by atoms with Crippen molar-refractivity contribution in [3.8, 4) is 11.5 Å². The second-order valence-corrected chi connectivity index (χ2v) is 7.68. The van der Waals surface area contributed by atoms with Crippen LogP contribution in [0.3, 0.4) is 0 Å². The minimum absolute atomic E-state index is 0.158. The lowest BCUT2D eigenvalue weighted by molar-refractivity contribution is -0.134. The predicted molar refractivity (Wildman–Crippen MR) is 113 cm³/mol. The van der Waals surface area contributed by atoms with E-state index < -0.39 is 5.97 Å². The van der Waals surface area contributed by atoms with Crippen LogP contribution in [0.1, 0.15) is 49.7 Å². The standard InChI is InChI=1S/C24H26FNO4/c1-16-14-19(25)9-12-22(16)30-20-10-6-18(7-11-20)15-21(24(28)29)26-23(27)13-8-17-4-2-3-5-17/h6-7,9-12,14-15,17H,2-5,8,13H2,1H3,(H,26,27)(H,28,29)/b21-15-. The van der Waals surface area contributed by atoms with E-state index in [1.54, 1.807) is 37.3 Å². The van der Waals surface area contributed by atoms with Crippen molar-refractivity contribution in [2.45, 2.75) is 45.4 Å². The molecule has 0 saturated heterocycles. The number of carboxylic acids is 1. The third kappa shape index (κ3) is 6.17. The van der Waals surface area contributed by atoms with E-state index in [1.165, 1.54) is 31.1 Å². The molecule has 2 aromatic rings. The second-order valence-electron chi connectivity index (χ2n) is 7.68. The number of carbonyl (C=O) groups is 2. The summed E-state index contributed by atoms with van der Waals surface area (Å²) in [6.07, 6.45) is 7.29. The van der Waals surface area contributed by atoms with Crippen molar-refractivity contribution in [3.05, 3.63) is 65.1 Å². The van der Waals surface area contributed by atoms with Crippen LogP contribution in [-0.4, -0.2) is 17.0 Å². The summed E-state index contributed by atoms with van der Waals surface area (Å²) in [5.41, 5.74) is 1.13. The molecule has 5 nitrogen and oxygen atoms in total. The molecule has 6 heteroatoms. The van der Waals surface area contributed by atoms with Gasteiger partial charge in [-0.1, -0.05) is 37.8 Å². The van der Waals surface area contributed by atoms with Crippen molar-refractivity contribution in [1.29, 1.82) is 0 Å². The first kappa shape index (κ1) is 21.6. The molecule has 0 heterocycles. The Morgan fingerprint density at radius 2 is 1.87 bits per heavy atom. The third-order valence-electron chi connectivity index (χ3n) is 5.31. The van der Waals surface area contributed by atoms with Crippen LogP contribution in [0.15, 0.2) is 48.2 Å². The summed E-state index contributed by atoms with van der Waals surface area (Å²) >= 11 is 0. The minimum atomic E-state index is -1.19. The lowest BCUT2D eigenvalue weighted by atomic mass is 10.0. The Balaban J connectivity index is 1.62. The monoisotopic (exact) mass is 411 g/mol. The first-order valence-corrected chi connectivity index (χ1v) is 10.2. The third-order valence-corrected chi connectivity index (χ3v) is 5.31. The van der Waals surface area contributed by atoms with Gasteiger partial charge in [0, 0.05) is 6.42 Å². The predicted octanol–water partition coefficient (Wildman–Crippen LogP) is 5.44. The molecule has 0 aliphatic heterocycles. The van der Waals surface area contributed by atoms with Crippen molar-refractivity contribution in [2.24, 2.45) is 5.92 Å². The van der Waals surface area contributed by atoms with Gasteiger partial charge < -0.3 is 15.2 Å². The average Bonchev–Trinajstić information content (AvgIpc) is 3.23. The second kappa shape index (κ2) is 10.1. The largest absolute Gasteiger partial charge is 0.477 e. The number of halogens is 1. The highest BCUT2D eigenvalue weighted by molar-refractivity contribution is 5.96. The molecular formula is C24H26FNO4. The van der Waals surface area contributed by atoms with Gasteiger partial charge in [0.05, 0.1) is 0 Å². The number of ether oxygens (including phenoxy) is 1. The fourth-order valence-corrected chi connectivity index (χ4v) is 3.65. The van der Waals surface area contributed by atoms with Crippen molar-refractivity contribution < 1.29 is 23.8 Å². The molecule has 1 fully saturated rings. The van der Waals surface area contributed by atoms with Crippen molar-refractivity contribution in [1.82, 2.24) is 5.32 Å². The highest BCUT2D eigenvalue weighted by atomic mass is 19.1. The van der Waals surface area contributed by atoms with Crippen LogP contribution in [0.25, 0.3) is 6.08 Å². The van der Waals surface area contributed by atoms with Crippen LogP contribution >= 0.6 is 0 Å². The first-order chi connectivity index (χ1) is 14.4. The highest BCUT2D eigenvalue weighted by Gasteiger charge is 2.17. The smallest absolute Gasteiger partial charge is 0.352 e. The molecule has 1 amide bonds. The van der Waals surface area contributed by atoms with Crippen LogP contribution in [-0.2, 0) is 9.59 Å². The maximum Gasteiger partial charge on any atom is 0.352 e. The molecule has 30 heavy (non-hydrogen) atoms. The zero-order valence-corrected chi connectivity index (χ0v) is 17.0. The summed E-state index contributed by atoms with van der Waals surface area (Å²) in [6, 6.07) is 11.0. The Labute approximate surface area is 175 Å². The first-order valence-electron chi connectivity index (χ1n) is 10.2. The number of carboxylic acid groups (broad SMARTS) is 1. The molecule has 1 aliphatic rings. The number of aliphatic carboxylic acids is 1. The van der Waals surface area contributed by atoms with E-state index in [1.807, 2.05) is 0 Å². The number of carbonyl (C=O) groups excluding carboxylic acids is 1. The molecule has 2 N–H and O–H groups in total. The summed E-state index contributed by atoms with van der Waals surface area (Å²) in [4.78, 5) is 23.7. The van der Waals surface area contributed by atoms with Crippen LogP contribution in [0.2, 0.25) is 0 Å². The molecule has 0 bridgehead atoms. The number of benzene rings is 2. The Morgan fingerprint density at radius 1 is 1.17 bits per heavy atom. The Kier molecular flexibility index (Phi) is 7.22. The number of amides is 1. The van der Waals surface area contributed by atoms with Gasteiger partial charge in [-0.15, -0.1) is 0 Å². The molecule has 2 aromatic carbocycles. The zero-order chi connectivity index (χ0) is 21.5. The van der Waals surface area contributed by atoms with Gasteiger partial charge in [-0.2, -0.15) is 0 Å². The number of hydrogen-bond donors (Lipinski definition) is 2. The van der Waals surface area contributed by atoms with Gasteiger partial charge in [0.1, 0.15) is 23.0 Å². The summed E-state index contributed by atoms with van der Waals surface area (Å²) in [5.74, 6) is -0.134. The van der Waals surface area contributed by atoms with E-state index in [4.69, 9.17) is 4.74 Å². The SMILES string of the molecule is Cc1cc(F)ccc1Oc1ccc(/C=C(\NC(=O)CCC2CCCC2)C(=O)O)cc1. The van der Waals surface area contributed by atoms with Gasteiger partial charge in [-0.05, 0) is 66.8 Å². The zero-order valence-electron chi connectivity index (χ0n) is 17.0. The van der Waals surface area contributed by atoms with Gasteiger partial charge >= 0.3 is 5.97 Å². The van der Waals surface area contributed by atoms with Crippen LogP contribution in [0, 0.1) is 18.7 Å². The molecule has 0 unspecified atom stereocenters. The fourth-order valence-electron chi connectivity index (χ4n) is 3.65.